The molecule has 1 aliphatic rings. The number of amides is 1. The third-order valence-electron chi connectivity index (χ3n) is 3.82. The average molecular weight is 404 g/mol. The van der Waals surface area contributed by atoms with Gasteiger partial charge in [0.15, 0.2) is 5.11 Å². The van der Waals surface area contributed by atoms with Crippen molar-refractivity contribution >= 4 is 28.9 Å². The second-order valence-corrected chi connectivity index (χ2v) is 6.87. The van der Waals surface area contributed by atoms with E-state index in [4.69, 9.17) is 12.2 Å². The van der Waals surface area contributed by atoms with Gasteiger partial charge in [0.25, 0.3) is 0 Å². The Morgan fingerprint density at radius 2 is 1.78 bits per heavy atom. The van der Waals surface area contributed by atoms with Gasteiger partial charge in [0.1, 0.15) is 5.75 Å². The molecule has 0 radical (unpaired) electrons. The normalized spacial score (nSPS) is 15.6. The van der Waals surface area contributed by atoms with Crippen molar-refractivity contribution in [3.63, 3.8) is 0 Å². The number of piperazine rings is 1. The number of halogens is 3. The van der Waals surface area contributed by atoms with Gasteiger partial charge in [-0.3, -0.25) is 9.69 Å². The van der Waals surface area contributed by atoms with Gasteiger partial charge in [0, 0.05) is 37.9 Å². The summed E-state index contributed by atoms with van der Waals surface area (Å²) in [6, 6.07) is 5.51. The van der Waals surface area contributed by atoms with Gasteiger partial charge < -0.3 is 20.3 Å². The summed E-state index contributed by atoms with van der Waals surface area (Å²) in [5, 5.41) is 6.36. The Balaban J connectivity index is 1.78. The summed E-state index contributed by atoms with van der Waals surface area (Å²) in [6.07, 6.45) is -4.71. The number of benzene rings is 1. The summed E-state index contributed by atoms with van der Waals surface area (Å²) >= 11 is 5.37. The molecule has 10 heteroatoms. The highest BCUT2D eigenvalue weighted by Gasteiger charge is 2.31. The Morgan fingerprint density at radius 1 is 1.19 bits per heavy atom. The number of nitrogens with one attached hydrogen (secondary N) is 2. The number of carbonyl (C=O) groups is 1. The molecule has 0 saturated carbocycles. The summed E-state index contributed by atoms with van der Waals surface area (Å²) < 4.78 is 40.4. The monoisotopic (exact) mass is 404 g/mol. The zero-order valence-corrected chi connectivity index (χ0v) is 16.0. The lowest BCUT2D eigenvalue weighted by Gasteiger charge is -2.36. The van der Waals surface area contributed by atoms with Crippen molar-refractivity contribution in [3.8, 4) is 5.75 Å². The third kappa shape index (κ3) is 7.59. The molecule has 0 unspecified atom stereocenters. The van der Waals surface area contributed by atoms with E-state index in [1.807, 2.05) is 18.7 Å². The average Bonchev–Trinajstić information content (AvgIpc) is 2.55. The van der Waals surface area contributed by atoms with Crippen LogP contribution < -0.4 is 15.4 Å². The second-order valence-electron chi connectivity index (χ2n) is 6.49. The van der Waals surface area contributed by atoms with Crippen LogP contribution in [0.5, 0.6) is 5.75 Å². The number of hydrogen-bond acceptors (Lipinski definition) is 4. The zero-order valence-electron chi connectivity index (χ0n) is 15.2. The lowest BCUT2D eigenvalue weighted by Crippen LogP contribution is -2.52. The van der Waals surface area contributed by atoms with Crippen molar-refractivity contribution in [3.05, 3.63) is 24.3 Å². The maximum Gasteiger partial charge on any atom is 0.573 e. The van der Waals surface area contributed by atoms with Crippen LogP contribution in [0.1, 0.15) is 13.8 Å². The smallest absolute Gasteiger partial charge is 0.406 e. The second kappa shape index (κ2) is 9.23. The summed E-state index contributed by atoms with van der Waals surface area (Å²) in [7, 11) is 0. The fourth-order valence-electron chi connectivity index (χ4n) is 2.62. The number of alkyl halides is 3. The van der Waals surface area contributed by atoms with Gasteiger partial charge in [-0.15, -0.1) is 13.2 Å². The molecule has 0 atom stereocenters. The predicted octanol–water partition coefficient (Wildman–Crippen LogP) is 2.42. The zero-order chi connectivity index (χ0) is 20.0. The van der Waals surface area contributed by atoms with E-state index in [0.717, 1.165) is 0 Å². The molecule has 1 saturated heterocycles. The minimum atomic E-state index is -4.71. The van der Waals surface area contributed by atoms with Gasteiger partial charge >= 0.3 is 6.36 Å². The van der Waals surface area contributed by atoms with Gasteiger partial charge in [-0.1, -0.05) is 0 Å². The minimum absolute atomic E-state index is 0.000294. The van der Waals surface area contributed by atoms with Gasteiger partial charge in [-0.25, -0.2) is 0 Å². The molecule has 0 spiro atoms. The van der Waals surface area contributed by atoms with Crippen LogP contribution in [0.3, 0.4) is 0 Å². The van der Waals surface area contributed by atoms with Crippen LogP contribution in [-0.2, 0) is 4.79 Å². The highest BCUT2D eigenvalue weighted by molar-refractivity contribution is 7.80. The van der Waals surface area contributed by atoms with Crippen LogP contribution in [0.15, 0.2) is 24.3 Å². The largest absolute Gasteiger partial charge is 0.573 e. The number of anilines is 1. The molecule has 2 N–H and O–H groups in total. The van der Waals surface area contributed by atoms with Gasteiger partial charge in [0.05, 0.1) is 6.54 Å². The van der Waals surface area contributed by atoms with E-state index >= 15 is 0 Å². The molecule has 0 aliphatic carbocycles. The Hall–Kier alpha value is -2.07. The third-order valence-corrected chi connectivity index (χ3v) is 4.18. The first-order valence-corrected chi connectivity index (χ1v) is 8.96. The lowest BCUT2D eigenvalue weighted by molar-refractivity contribution is -0.274. The molecule has 6 nitrogen and oxygen atoms in total. The van der Waals surface area contributed by atoms with Crippen LogP contribution in [0, 0.1) is 0 Å². The van der Waals surface area contributed by atoms with E-state index in [9.17, 15) is 18.0 Å². The molecule has 27 heavy (non-hydrogen) atoms. The summed E-state index contributed by atoms with van der Waals surface area (Å²) in [5.74, 6) is -0.285. The molecular weight excluding hydrogens is 381 g/mol. The van der Waals surface area contributed by atoms with Crippen LogP contribution in [-0.4, -0.2) is 65.9 Å². The van der Waals surface area contributed by atoms with Gasteiger partial charge in [-0.05, 0) is 50.3 Å². The molecular formula is C17H23F3N4O2S. The molecule has 1 amide bonds. The van der Waals surface area contributed by atoms with E-state index in [0.29, 0.717) is 43.5 Å². The Morgan fingerprint density at radius 3 is 2.30 bits per heavy atom. The first kappa shape index (κ1) is 21.2. The maximum atomic E-state index is 12.2. The first-order chi connectivity index (χ1) is 12.6. The predicted molar refractivity (Wildman–Crippen MR) is 101 cm³/mol. The van der Waals surface area contributed by atoms with E-state index in [1.54, 1.807) is 0 Å². The standard InChI is InChI=1S/C17H23F3N4O2S/c1-12(2)21-15(25)11-23-7-9-24(10-8-23)16(27)22-13-3-5-14(6-4-13)26-17(18,19)20/h3-6,12H,7-11H2,1-2H3,(H,21,25)(H,22,27). The topological polar surface area (TPSA) is 56.8 Å². The molecule has 0 aromatic heterocycles. The van der Waals surface area contributed by atoms with Gasteiger partial charge in [-0.2, -0.15) is 0 Å². The highest BCUT2D eigenvalue weighted by atomic mass is 32.1. The Labute approximate surface area is 161 Å². The molecule has 1 aromatic carbocycles. The number of ether oxygens (including phenoxy) is 1. The molecule has 1 fully saturated rings. The van der Waals surface area contributed by atoms with E-state index in [1.165, 1.54) is 24.3 Å². The van der Waals surface area contributed by atoms with Crippen molar-refractivity contribution in [2.75, 3.05) is 38.0 Å². The van der Waals surface area contributed by atoms with Crippen LogP contribution >= 0.6 is 12.2 Å². The Kier molecular flexibility index (Phi) is 7.25. The molecule has 2 rings (SSSR count). The lowest BCUT2D eigenvalue weighted by atomic mass is 10.3. The molecule has 1 heterocycles. The summed E-state index contributed by atoms with van der Waals surface area (Å²) in [4.78, 5) is 15.8. The fraction of sp³-hybridized carbons (Fsp3) is 0.529. The highest BCUT2D eigenvalue weighted by Crippen LogP contribution is 2.24. The molecule has 1 aliphatic heterocycles. The van der Waals surface area contributed by atoms with Crippen LogP contribution in [0.25, 0.3) is 0 Å². The van der Waals surface area contributed by atoms with Crippen molar-refractivity contribution in [1.29, 1.82) is 0 Å². The SMILES string of the molecule is CC(C)NC(=O)CN1CCN(C(=S)Nc2ccc(OC(F)(F)F)cc2)CC1. The summed E-state index contributed by atoms with van der Waals surface area (Å²) in [6.45, 7) is 6.92. The molecule has 150 valence electrons. The van der Waals surface area contributed by atoms with Crippen molar-refractivity contribution in [2.45, 2.75) is 26.3 Å². The number of rotatable bonds is 5. The summed E-state index contributed by atoms with van der Waals surface area (Å²) in [5.41, 5.74) is 0.577. The number of nitrogens with zero attached hydrogens (tertiary/aromatic N) is 2. The first-order valence-electron chi connectivity index (χ1n) is 8.56. The number of carbonyl (C=O) groups excluding carboxylic acids is 1. The van der Waals surface area contributed by atoms with Crippen LogP contribution in [0.4, 0.5) is 18.9 Å². The number of thiocarbonyl (C=S) groups is 1. The fourth-order valence-corrected chi connectivity index (χ4v) is 2.92. The molecule has 0 bridgehead atoms. The van der Waals surface area contributed by atoms with Crippen molar-refractivity contribution < 1.29 is 22.7 Å². The van der Waals surface area contributed by atoms with Crippen molar-refractivity contribution in [1.82, 2.24) is 15.1 Å². The van der Waals surface area contributed by atoms with Crippen LogP contribution in [0.2, 0.25) is 0 Å². The number of hydrogen-bond donors (Lipinski definition) is 2. The van der Waals surface area contributed by atoms with Gasteiger partial charge in [0.2, 0.25) is 5.91 Å². The quantitative estimate of drug-likeness (QED) is 0.736. The maximum absolute atomic E-state index is 12.2. The van der Waals surface area contributed by atoms with Crippen molar-refractivity contribution in [2.24, 2.45) is 0 Å². The van der Waals surface area contributed by atoms with E-state index in [2.05, 4.69) is 20.3 Å². The van der Waals surface area contributed by atoms with E-state index < -0.39 is 6.36 Å². The molecule has 1 aromatic rings. The van der Waals surface area contributed by atoms with E-state index in [-0.39, 0.29) is 17.7 Å². The Bertz CT molecular complexity index is 645. The minimum Gasteiger partial charge on any atom is -0.406 e.